The molecule has 2 amide bonds. The molecule has 0 aromatic heterocycles. The van der Waals surface area contributed by atoms with Gasteiger partial charge in [0.25, 0.3) is 0 Å². The molecule has 2 aromatic rings. The van der Waals surface area contributed by atoms with E-state index in [2.05, 4.69) is 0 Å². The maximum absolute atomic E-state index is 12.3. The van der Waals surface area contributed by atoms with Crippen LogP contribution in [0.25, 0.3) is 0 Å². The lowest BCUT2D eigenvalue weighted by molar-refractivity contribution is -0.137. The summed E-state index contributed by atoms with van der Waals surface area (Å²) in [6.45, 7) is 0.520. The quantitative estimate of drug-likeness (QED) is 0.763. The normalized spacial score (nSPS) is 16.1. The van der Waals surface area contributed by atoms with Gasteiger partial charge in [0, 0.05) is 24.9 Å². The third-order valence-electron chi connectivity index (χ3n) is 4.62. The van der Waals surface area contributed by atoms with Crippen molar-refractivity contribution in [1.82, 2.24) is 4.90 Å². The molecule has 1 atom stereocenters. The van der Waals surface area contributed by atoms with Crippen molar-refractivity contribution in [3.05, 3.63) is 60.2 Å². The van der Waals surface area contributed by atoms with Crippen LogP contribution in [0.15, 0.2) is 54.6 Å². The van der Waals surface area contributed by atoms with Crippen LogP contribution < -0.4 is 10.5 Å². The van der Waals surface area contributed by atoms with Crippen LogP contribution in [0, 0.1) is 0 Å². The number of hydrogen-bond donors (Lipinski definition) is 1. The zero-order valence-corrected chi connectivity index (χ0v) is 15.0. The van der Waals surface area contributed by atoms with Crippen LogP contribution in [0.2, 0.25) is 0 Å². The zero-order chi connectivity index (χ0) is 19.2. The number of ether oxygens (including phenoxy) is 1. The Bertz CT molecular complexity index is 818. The molecule has 0 radical (unpaired) electrons. The lowest BCUT2D eigenvalue weighted by atomic mass is 10.1. The van der Waals surface area contributed by atoms with Gasteiger partial charge in [0.2, 0.25) is 11.8 Å². The number of amides is 2. The maximum Gasteiger partial charge on any atom is 0.240 e. The molecule has 0 bridgehead atoms. The molecule has 0 aliphatic carbocycles. The first-order valence-electron chi connectivity index (χ1n) is 8.99. The fourth-order valence-corrected chi connectivity index (χ4v) is 3.20. The Morgan fingerprint density at radius 2 is 1.63 bits per heavy atom. The number of nitrogens with two attached hydrogens (primary N) is 1. The van der Waals surface area contributed by atoms with E-state index in [1.807, 2.05) is 30.3 Å². The van der Waals surface area contributed by atoms with E-state index in [0.29, 0.717) is 24.3 Å². The van der Waals surface area contributed by atoms with Gasteiger partial charge in [-0.3, -0.25) is 14.4 Å². The van der Waals surface area contributed by atoms with Crippen LogP contribution in [0.1, 0.15) is 36.0 Å². The molecule has 27 heavy (non-hydrogen) atoms. The molecule has 1 heterocycles. The second kappa shape index (κ2) is 8.49. The third-order valence-corrected chi connectivity index (χ3v) is 4.62. The molecule has 0 spiro atoms. The molecule has 1 saturated heterocycles. The van der Waals surface area contributed by atoms with Crippen LogP contribution >= 0.6 is 0 Å². The number of nitrogens with zero attached hydrogens (tertiary/aromatic N) is 1. The Balaban J connectivity index is 1.53. The minimum atomic E-state index is -0.540. The van der Waals surface area contributed by atoms with Gasteiger partial charge in [-0.2, -0.15) is 0 Å². The largest absolute Gasteiger partial charge is 0.457 e. The highest BCUT2D eigenvalue weighted by molar-refractivity contribution is 5.98. The molecule has 1 aliphatic heterocycles. The number of rotatable bonds is 7. The van der Waals surface area contributed by atoms with Gasteiger partial charge >= 0.3 is 0 Å². The highest BCUT2D eigenvalue weighted by atomic mass is 16.5. The Kier molecular flexibility index (Phi) is 5.86. The van der Waals surface area contributed by atoms with Crippen LogP contribution in [0.3, 0.4) is 0 Å². The summed E-state index contributed by atoms with van der Waals surface area (Å²) < 4.78 is 5.70. The minimum Gasteiger partial charge on any atom is -0.457 e. The fourth-order valence-electron chi connectivity index (χ4n) is 3.20. The van der Waals surface area contributed by atoms with Gasteiger partial charge in [0.05, 0.1) is 0 Å². The number of likely N-dealkylation sites (tertiary alicyclic amines) is 1. The van der Waals surface area contributed by atoms with Crippen LogP contribution in [0.5, 0.6) is 11.5 Å². The number of primary amides is 1. The van der Waals surface area contributed by atoms with Crippen molar-refractivity contribution in [1.29, 1.82) is 0 Å². The topological polar surface area (TPSA) is 89.7 Å². The number of carbonyl (C=O) groups is 3. The summed E-state index contributed by atoms with van der Waals surface area (Å²) in [5, 5.41) is 0. The lowest BCUT2D eigenvalue weighted by Gasteiger charge is -2.21. The number of Topliss-reactive ketones (excluding diaryl/α,β-unsaturated/α-hetero) is 1. The molecular formula is C21H22N2O4. The molecule has 0 saturated carbocycles. The smallest absolute Gasteiger partial charge is 0.240 e. The standard InChI is InChI=1S/C21H22N2O4/c22-21(26)18-7-4-14-23(18)20(25)13-12-19(24)15-8-10-17(11-9-15)27-16-5-2-1-3-6-16/h1-3,5-6,8-11,18H,4,7,12-14H2,(H2,22,26). The van der Waals surface area contributed by atoms with Crippen molar-refractivity contribution in [2.45, 2.75) is 31.7 Å². The summed E-state index contributed by atoms with van der Waals surface area (Å²) in [5.74, 6) is 0.547. The maximum atomic E-state index is 12.3. The summed E-state index contributed by atoms with van der Waals surface area (Å²) in [7, 11) is 0. The second-order valence-corrected chi connectivity index (χ2v) is 6.51. The molecule has 3 rings (SSSR count). The lowest BCUT2D eigenvalue weighted by Crippen LogP contribution is -2.43. The van der Waals surface area contributed by atoms with Gasteiger partial charge in [-0.1, -0.05) is 18.2 Å². The molecule has 1 fully saturated rings. The first kappa shape index (κ1) is 18.6. The third kappa shape index (κ3) is 4.73. The summed E-state index contributed by atoms with van der Waals surface area (Å²) in [4.78, 5) is 37.5. The Morgan fingerprint density at radius 1 is 0.963 bits per heavy atom. The summed E-state index contributed by atoms with van der Waals surface area (Å²) in [6, 6.07) is 15.7. The molecule has 2 N–H and O–H groups in total. The van der Waals surface area contributed by atoms with E-state index in [9.17, 15) is 14.4 Å². The van der Waals surface area contributed by atoms with E-state index in [-0.39, 0.29) is 24.5 Å². The Morgan fingerprint density at radius 3 is 2.30 bits per heavy atom. The number of carbonyl (C=O) groups excluding carboxylic acids is 3. The van der Waals surface area contributed by atoms with Crippen molar-refractivity contribution >= 4 is 17.6 Å². The number of benzene rings is 2. The van der Waals surface area contributed by atoms with Crippen molar-refractivity contribution in [2.75, 3.05) is 6.54 Å². The van der Waals surface area contributed by atoms with Gasteiger partial charge in [-0.05, 0) is 49.2 Å². The first-order chi connectivity index (χ1) is 13.0. The van der Waals surface area contributed by atoms with Crippen molar-refractivity contribution in [3.63, 3.8) is 0 Å². The Labute approximate surface area is 157 Å². The van der Waals surface area contributed by atoms with E-state index < -0.39 is 11.9 Å². The summed E-state index contributed by atoms with van der Waals surface area (Å²) >= 11 is 0. The van der Waals surface area contributed by atoms with Crippen molar-refractivity contribution < 1.29 is 19.1 Å². The first-order valence-corrected chi connectivity index (χ1v) is 8.99. The summed E-state index contributed by atoms with van der Waals surface area (Å²) in [5.41, 5.74) is 5.85. The average Bonchev–Trinajstić information content (AvgIpc) is 3.17. The van der Waals surface area contributed by atoms with Gasteiger partial charge in [-0.25, -0.2) is 0 Å². The fraction of sp³-hybridized carbons (Fsp3) is 0.286. The van der Waals surface area contributed by atoms with Crippen LogP contribution in [0.4, 0.5) is 0 Å². The molecule has 6 heteroatoms. The number of ketones is 1. The molecular weight excluding hydrogens is 344 g/mol. The Hall–Kier alpha value is -3.15. The number of hydrogen-bond acceptors (Lipinski definition) is 4. The highest BCUT2D eigenvalue weighted by Crippen LogP contribution is 2.22. The van der Waals surface area contributed by atoms with E-state index in [1.165, 1.54) is 4.90 Å². The molecule has 2 aromatic carbocycles. The van der Waals surface area contributed by atoms with E-state index >= 15 is 0 Å². The van der Waals surface area contributed by atoms with E-state index in [1.54, 1.807) is 24.3 Å². The van der Waals surface area contributed by atoms with Gasteiger partial charge < -0.3 is 15.4 Å². The predicted molar refractivity (Wildman–Crippen MR) is 100 cm³/mol. The summed E-state index contributed by atoms with van der Waals surface area (Å²) in [6.07, 6.45) is 1.53. The minimum absolute atomic E-state index is 0.0743. The SMILES string of the molecule is NC(=O)C1CCCN1C(=O)CCC(=O)c1ccc(Oc2ccccc2)cc1. The van der Waals surface area contributed by atoms with Gasteiger partial charge in [0.15, 0.2) is 5.78 Å². The molecule has 6 nitrogen and oxygen atoms in total. The predicted octanol–water partition coefficient (Wildman–Crippen LogP) is 2.92. The zero-order valence-electron chi connectivity index (χ0n) is 15.0. The average molecular weight is 366 g/mol. The van der Waals surface area contributed by atoms with Gasteiger partial charge in [-0.15, -0.1) is 0 Å². The van der Waals surface area contributed by atoms with Crippen molar-refractivity contribution in [2.24, 2.45) is 5.73 Å². The van der Waals surface area contributed by atoms with E-state index in [0.717, 1.165) is 12.2 Å². The van der Waals surface area contributed by atoms with Crippen LogP contribution in [-0.2, 0) is 9.59 Å². The van der Waals surface area contributed by atoms with E-state index in [4.69, 9.17) is 10.5 Å². The van der Waals surface area contributed by atoms with Gasteiger partial charge in [0.1, 0.15) is 17.5 Å². The highest BCUT2D eigenvalue weighted by Gasteiger charge is 2.32. The molecule has 140 valence electrons. The number of para-hydroxylation sites is 1. The second-order valence-electron chi connectivity index (χ2n) is 6.51. The van der Waals surface area contributed by atoms with Crippen molar-refractivity contribution in [3.8, 4) is 11.5 Å². The molecule has 1 aliphatic rings. The molecule has 1 unspecified atom stereocenters. The monoisotopic (exact) mass is 366 g/mol. The van der Waals surface area contributed by atoms with Crippen LogP contribution in [-0.4, -0.2) is 35.1 Å².